The molecule has 0 fully saturated rings. The summed E-state index contributed by atoms with van der Waals surface area (Å²) in [5.41, 5.74) is 17.6. The molecule has 1 N–H and O–H groups in total. The highest BCUT2D eigenvalue weighted by atomic mass is 16.3. The van der Waals surface area contributed by atoms with E-state index in [1.165, 1.54) is 33.4 Å². The van der Waals surface area contributed by atoms with E-state index < -0.39 is 0 Å². The van der Waals surface area contributed by atoms with Crippen molar-refractivity contribution in [2.24, 2.45) is 0 Å². The molecule has 0 spiro atoms. The Morgan fingerprint density at radius 3 is 1.46 bits per heavy atom. The van der Waals surface area contributed by atoms with E-state index in [0.29, 0.717) is 0 Å². The van der Waals surface area contributed by atoms with Gasteiger partial charge in [-0.05, 0) is 137 Å². The number of aryl methyl sites for hydroxylation is 6. The Morgan fingerprint density at radius 1 is 0.373 bits per heavy atom. The van der Waals surface area contributed by atoms with Gasteiger partial charge in [0.25, 0.3) is 0 Å². The third-order valence-corrected chi connectivity index (χ3v) is 11.2. The van der Waals surface area contributed by atoms with Gasteiger partial charge in [-0.3, -0.25) is 15.0 Å². The Balaban J connectivity index is 1.01. The maximum Gasteiger partial charge on any atom is 0.124 e. The first-order valence-electron chi connectivity index (χ1n) is 20.4. The molecular formula is C55H45N3O. The second-order valence-electron chi connectivity index (χ2n) is 15.6. The highest BCUT2D eigenvalue weighted by Gasteiger charge is 2.15. The lowest BCUT2D eigenvalue weighted by molar-refractivity contribution is 0.477. The molecule has 286 valence electrons. The molecule has 9 rings (SSSR count). The monoisotopic (exact) mass is 763 g/mol. The lowest BCUT2D eigenvalue weighted by atomic mass is 9.89. The summed E-state index contributed by atoms with van der Waals surface area (Å²) < 4.78 is 0. The van der Waals surface area contributed by atoms with Crippen molar-refractivity contribution >= 4 is 10.8 Å². The Bertz CT molecular complexity index is 2800. The summed E-state index contributed by atoms with van der Waals surface area (Å²) in [5, 5.41) is 13.8. The van der Waals surface area contributed by atoms with E-state index in [0.717, 1.165) is 92.5 Å². The highest BCUT2D eigenvalue weighted by molar-refractivity contribution is 5.89. The van der Waals surface area contributed by atoms with Crippen molar-refractivity contribution in [3.63, 3.8) is 0 Å². The van der Waals surface area contributed by atoms with Gasteiger partial charge in [0.05, 0.1) is 17.1 Å². The number of rotatable bonds is 11. The smallest absolute Gasteiger partial charge is 0.124 e. The molecule has 0 atom stereocenters. The summed E-state index contributed by atoms with van der Waals surface area (Å²) >= 11 is 0. The van der Waals surface area contributed by atoms with E-state index in [9.17, 15) is 5.11 Å². The van der Waals surface area contributed by atoms with Gasteiger partial charge in [0.1, 0.15) is 5.75 Å². The molecular weight excluding hydrogens is 719 g/mol. The number of aromatic nitrogens is 3. The van der Waals surface area contributed by atoms with Gasteiger partial charge in [-0.15, -0.1) is 0 Å². The SMILES string of the molecule is Cc1ccnc(-c2ccc(CCc3cc(CCc4ccc(-c5cc(C)ccn5)cc4)cc(-c4ccccc4-c4ccc(-c5cc6ccccc6cn5)cc4O)c3)cc2)c1. The molecule has 59 heavy (non-hydrogen) atoms. The van der Waals surface area contributed by atoms with Crippen molar-refractivity contribution in [1.29, 1.82) is 0 Å². The second-order valence-corrected chi connectivity index (χ2v) is 15.6. The lowest BCUT2D eigenvalue weighted by Gasteiger charge is -2.16. The highest BCUT2D eigenvalue weighted by Crippen LogP contribution is 2.40. The van der Waals surface area contributed by atoms with E-state index >= 15 is 0 Å². The van der Waals surface area contributed by atoms with Gasteiger partial charge in [0, 0.05) is 46.2 Å². The van der Waals surface area contributed by atoms with E-state index in [-0.39, 0.29) is 5.75 Å². The first-order valence-corrected chi connectivity index (χ1v) is 20.4. The minimum atomic E-state index is 0.231. The molecule has 0 saturated carbocycles. The third-order valence-electron chi connectivity index (χ3n) is 11.2. The van der Waals surface area contributed by atoms with Crippen LogP contribution in [-0.4, -0.2) is 20.1 Å². The van der Waals surface area contributed by atoms with Gasteiger partial charge in [0.2, 0.25) is 0 Å². The standard InChI is InChI=1S/C55H45N3O/c1-37-25-27-56-52(29-37)43-19-15-39(16-20-43)11-13-41-31-42(14-12-40-17-21-44(22-18-40)53-30-38(2)26-28-57-53)33-48(32-41)49-9-5-6-10-50(49)51-24-23-46(35-55(51)59)54-34-45-7-3-4-8-47(45)36-58-54/h3-10,15-36,59H,11-14H2,1-2H3. The minimum absolute atomic E-state index is 0.231. The fourth-order valence-corrected chi connectivity index (χ4v) is 7.99. The molecule has 9 aromatic rings. The molecule has 3 aromatic heterocycles. The van der Waals surface area contributed by atoms with Gasteiger partial charge in [-0.1, -0.05) is 121 Å². The summed E-state index contributed by atoms with van der Waals surface area (Å²) in [4.78, 5) is 13.9. The number of hydrogen-bond acceptors (Lipinski definition) is 4. The van der Waals surface area contributed by atoms with Gasteiger partial charge in [0.15, 0.2) is 0 Å². The molecule has 0 aliphatic carbocycles. The molecule has 0 saturated heterocycles. The van der Waals surface area contributed by atoms with Crippen LogP contribution >= 0.6 is 0 Å². The van der Waals surface area contributed by atoms with Crippen LogP contribution in [0.15, 0.2) is 182 Å². The molecule has 3 heterocycles. The Hall–Kier alpha value is -7.17. The second kappa shape index (κ2) is 16.7. The fourth-order valence-electron chi connectivity index (χ4n) is 7.99. The normalized spacial score (nSPS) is 11.2. The van der Waals surface area contributed by atoms with Crippen LogP contribution in [-0.2, 0) is 25.7 Å². The molecule has 0 amide bonds. The topological polar surface area (TPSA) is 58.9 Å². The van der Waals surface area contributed by atoms with Crippen LogP contribution in [0.3, 0.4) is 0 Å². The number of pyridine rings is 3. The summed E-state index contributed by atoms with van der Waals surface area (Å²) in [6.45, 7) is 4.20. The molecule has 0 unspecified atom stereocenters. The van der Waals surface area contributed by atoms with E-state index in [1.54, 1.807) is 0 Å². The number of phenols is 1. The zero-order valence-electron chi connectivity index (χ0n) is 33.4. The molecule has 0 aliphatic rings. The summed E-state index contributed by atoms with van der Waals surface area (Å²) in [6, 6.07) is 57.7. The number of aromatic hydroxyl groups is 1. The van der Waals surface area contributed by atoms with Gasteiger partial charge < -0.3 is 5.11 Å². The zero-order valence-corrected chi connectivity index (χ0v) is 33.4. The van der Waals surface area contributed by atoms with Crippen molar-refractivity contribution in [3.05, 3.63) is 216 Å². The van der Waals surface area contributed by atoms with E-state index in [1.807, 2.05) is 61.1 Å². The summed E-state index contributed by atoms with van der Waals surface area (Å²) in [7, 11) is 0. The Morgan fingerprint density at radius 2 is 0.881 bits per heavy atom. The van der Waals surface area contributed by atoms with E-state index in [4.69, 9.17) is 4.98 Å². The quantitative estimate of drug-likeness (QED) is 0.143. The van der Waals surface area contributed by atoms with Gasteiger partial charge >= 0.3 is 0 Å². The van der Waals surface area contributed by atoms with Crippen LogP contribution in [0.1, 0.15) is 33.4 Å². The molecule has 4 heteroatoms. The molecule has 0 bridgehead atoms. The van der Waals surface area contributed by atoms with Crippen molar-refractivity contribution in [3.8, 4) is 61.8 Å². The maximum absolute atomic E-state index is 11.6. The lowest BCUT2D eigenvalue weighted by Crippen LogP contribution is -1.98. The average Bonchev–Trinajstić information content (AvgIpc) is 3.28. The molecule has 4 nitrogen and oxygen atoms in total. The third kappa shape index (κ3) is 8.58. The number of benzene rings is 6. The number of hydrogen-bond donors (Lipinski definition) is 1. The van der Waals surface area contributed by atoms with Crippen molar-refractivity contribution in [1.82, 2.24) is 15.0 Å². The summed E-state index contributed by atoms with van der Waals surface area (Å²) in [6.07, 6.45) is 9.30. The number of phenolic OH excluding ortho intramolecular Hbond substituents is 1. The van der Waals surface area contributed by atoms with Crippen molar-refractivity contribution in [2.75, 3.05) is 0 Å². The van der Waals surface area contributed by atoms with Gasteiger partial charge in [-0.2, -0.15) is 0 Å². The van der Waals surface area contributed by atoms with Crippen LogP contribution in [0.25, 0.3) is 66.8 Å². The first-order chi connectivity index (χ1) is 28.9. The Kier molecular flexibility index (Phi) is 10.6. The van der Waals surface area contributed by atoms with Crippen molar-refractivity contribution in [2.45, 2.75) is 39.5 Å². The first kappa shape index (κ1) is 37.4. The minimum Gasteiger partial charge on any atom is -0.507 e. The number of fused-ring (bicyclic) bond motifs is 1. The maximum atomic E-state index is 11.6. The predicted octanol–water partition coefficient (Wildman–Crippen LogP) is 13.3. The largest absolute Gasteiger partial charge is 0.507 e. The molecule has 0 aliphatic heterocycles. The van der Waals surface area contributed by atoms with Crippen LogP contribution < -0.4 is 0 Å². The fraction of sp³-hybridized carbons (Fsp3) is 0.109. The zero-order chi connectivity index (χ0) is 40.1. The molecule has 6 aromatic carbocycles. The van der Waals surface area contributed by atoms with Gasteiger partial charge in [-0.25, -0.2) is 0 Å². The average molecular weight is 764 g/mol. The molecule has 0 radical (unpaired) electrons. The predicted molar refractivity (Wildman–Crippen MR) is 243 cm³/mol. The van der Waals surface area contributed by atoms with Crippen LogP contribution in [0.5, 0.6) is 5.75 Å². The van der Waals surface area contributed by atoms with Crippen LogP contribution in [0.4, 0.5) is 0 Å². The Labute approximate surface area is 346 Å². The summed E-state index contributed by atoms with van der Waals surface area (Å²) in [5.74, 6) is 0.231. The van der Waals surface area contributed by atoms with Crippen molar-refractivity contribution < 1.29 is 5.11 Å². The number of nitrogens with zero attached hydrogens (tertiary/aromatic N) is 3. The van der Waals surface area contributed by atoms with E-state index in [2.05, 4.69) is 145 Å². The van der Waals surface area contributed by atoms with Crippen LogP contribution in [0.2, 0.25) is 0 Å². The van der Waals surface area contributed by atoms with Crippen LogP contribution in [0, 0.1) is 13.8 Å².